The molecule has 4 aromatic rings. The minimum absolute atomic E-state index is 0.00281. The molecule has 0 spiro atoms. The highest BCUT2D eigenvalue weighted by molar-refractivity contribution is 6.32. The maximum Gasteiger partial charge on any atom is 0.331 e. The third-order valence-electron chi connectivity index (χ3n) is 5.65. The van der Waals surface area contributed by atoms with Crippen molar-refractivity contribution >= 4 is 23.8 Å². The van der Waals surface area contributed by atoms with E-state index in [1.807, 2.05) is 57.2 Å². The Labute approximate surface area is 212 Å². The molecular formula is C26H24ClN5O4. The Kier molecular flexibility index (Phi) is 6.56. The molecule has 0 bridgehead atoms. The molecule has 1 aliphatic rings. The average Bonchev–Trinajstić information content (AvgIpc) is 3.49. The van der Waals surface area contributed by atoms with Crippen LogP contribution in [0.3, 0.4) is 0 Å². The number of carbonyl (C=O) groups excluding carboxylic acids is 1. The first kappa shape index (κ1) is 23.7. The van der Waals surface area contributed by atoms with Gasteiger partial charge in [-0.25, -0.2) is 9.78 Å². The maximum atomic E-state index is 12.9. The average molecular weight is 506 g/mol. The molecule has 1 atom stereocenters. The molecule has 0 aliphatic carbocycles. The number of ether oxygens (including phenoxy) is 2. The van der Waals surface area contributed by atoms with Gasteiger partial charge in [-0.1, -0.05) is 47.1 Å². The van der Waals surface area contributed by atoms with Crippen LogP contribution in [0.25, 0.3) is 23.0 Å². The Bertz CT molecular complexity index is 1430. The van der Waals surface area contributed by atoms with Crippen LogP contribution in [-0.4, -0.2) is 44.5 Å². The van der Waals surface area contributed by atoms with Crippen LogP contribution in [0.5, 0.6) is 5.75 Å². The van der Waals surface area contributed by atoms with Gasteiger partial charge in [0.25, 0.3) is 5.89 Å². The molecule has 0 saturated heterocycles. The molecule has 9 nitrogen and oxygen atoms in total. The summed E-state index contributed by atoms with van der Waals surface area (Å²) in [5, 5.41) is 4.55. The zero-order valence-electron chi connectivity index (χ0n) is 20.0. The molecule has 36 heavy (non-hydrogen) atoms. The van der Waals surface area contributed by atoms with Crippen LogP contribution < -0.4 is 4.74 Å². The van der Waals surface area contributed by atoms with E-state index in [0.717, 1.165) is 5.56 Å². The number of carbonyl (C=O) groups is 1. The van der Waals surface area contributed by atoms with Gasteiger partial charge in [0.2, 0.25) is 5.82 Å². The standard InChI is InChI=1S/C26H24ClN5O4/c1-15(2)35-21-10-9-18(11-19(21)27)24-30-25(36-31-24)23-16(3)32-20(12-28-13-22(32)29-23)26(33)34-14-17-7-5-4-6-8-17/h4-11,13,15,20H,12,14H2,1-3H3. The number of hydrogen-bond acceptors (Lipinski definition) is 8. The van der Waals surface area contributed by atoms with Gasteiger partial charge < -0.3 is 18.6 Å². The van der Waals surface area contributed by atoms with Crippen molar-refractivity contribution < 1.29 is 18.8 Å². The van der Waals surface area contributed by atoms with E-state index in [-0.39, 0.29) is 31.1 Å². The summed E-state index contributed by atoms with van der Waals surface area (Å²) in [7, 11) is 0. The topological polar surface area (TPSA) is 105 Å². The zero-order chi connectivity index (χ0) is 25.2. The molecule has 0 radical (unpaired) electrons. The summed E-state index contributed by atoms with van der Waals surface area (Å²) in [6.45, 7) is 6.16. The maximum absolute atomic E-state index is 12.9. The van der Waals surface area contributed by atoms with Crippen molar-refractivity contribution in [3.05, 3.63) is 70.6 Å². The molecule has 1 aliphatic heterocycles. The number of esters is 1. The second-order valence-electron chi connectivity index (χ2n) is 8.61. The highest BCUT2D eigenvalue weighted by atomic mass is 35.5. The van der Waals surface area contributed by atoms with E-state index in [9.17, 15) is 4.79 Å². The Balaban J connectivity index is 1.38. The molecule has 1 unspecified atom stereocenters. The largest absolute Gasteiger partial charge is 0.489 e. The van der Waals surface area contributed by atoms with E-state index in [2.05, 4.69) is 20.1 Å². The van der Waals surface area contributed by atoms with Crippen molar-refractivity contribution in [2.75, 3.05) is 6.54 Å². The van der Waals surface area contributed by atoms with Crippen molar-refractivity contribution in [2.24, 2.45) is 4.99 Å². The first-order chi connectivity index (χ1) is 17.4. The van der Waals surface area contributed by atoms with Crippen LogP contribution in [0.4, 0.5) is 0 Å². The van der Waals surface area contributed by atoms with Gasteiger partial charge >= 0.3 is 5.97 Å². The Morgan fingerprint density at radius 3 is 2.75 bits per heavy atom. The normalized spacial score (nSPS) is 14.6. The molecular weight excluding hydrogens is 482 g/mol. The summed E-state index contributed by atoms with van der Waals surface area (Å²) in [6, 6.07) is 14.2. The molecule has 184 valence electrons. The SMILES string of the molecule is Cc1c(-c2nc(-c3ccc(OC(C)C)c(Cl)c3)no2)nc2n1C(C(=O)OCc1ccccc1)CN=C2. The number of fused-ring (bicyclic) bond motifs is 1. The van der Waals surface area contributed by atoms with Gasteiger partial charge in [-0.05, 0) is 44.5 Å². The Hall–Kier alpha value is -3.98. The summed E-state index contributed by atoms with van der Waals surface area (Å²) in [4.78, 5) is 26.4. The summed E-state index contributed by atoms with van der Waals surface area (Å²) in [5.41, 5.74) is 2.77. The predicted octanol–water partition coefficient (Wildman–Crippen LogP) is 5.07. The summed E-state index contributed by atoms with van der Waals surface area (Å²) in [5.74, 6) is 1.32. The Morgan fingerprint density at radius 1 is 1.19 bits per heavy atom. The summed E-state index contributed by atoms with van der Waals surface area (Å²) in [6.07, 6.45) is 1.63. The number of rotatable bonds is 7. The second-order valence-corrected chi connectivity index (χ2v) is 9.02. The predicted molar refractivity (Wildman–Crippen MR) is 134 cm³/mol. The smallest absolute Gasteiger partial charge is 0.331 e. The van der Waals surface area contributed by atoms with Crippen LogP contribution >= 0.6 is 11.6 Å². The quantitative estimate of drug-likeness (QED) is 0.323. The molecule has 5 rings (SSSR count). The second kappa shape index (κ2) is 9.94. The van der Waals surface area contributed by atoms with Gasteiger partial charge in [0.15, 0.2) is 11.9 Å². The van der Waals surface area contributed by atoms with Crippen molar-refractivity contribution in [2.45, 2.75) is 39.5 Å². The lowest BCUT2D eigenvalue weighted by Gasteiger charge is -2.21. The summed E-state index contributed by atoms with van der Waals surface area (Å²) >= 11 is 6.37. The van der Waals surface area contributed by atoms with Crippen LogP contribution in [0.15, 0.2) is 58.0 Å². The van der Waals surface area contributed by atoms with Crippen LogP contribution in [-0.2, 0) is 16.1 Å². The van der Waals surface area contributed by atoms with E-state index in [0.29, 0.717) is 39.4 Å². The highest BCUT2D eigenvalue weighted by Gasteiger charge is 2.31. The molecule has 2 aromatic carbocycles. The van der Waals surface area contributed by atoms with Gasteiger partial charge in [0.1, 0.15) is 18.1 Å². The molecule has 0 amide bonds. The number of aromatic nitrogens is 4. The van der Waals surface area contributed by atoms with Crippen molar-refractivity contribution in [1.29, 1.82) is 0 Å². The van der Waals surface area contributed by atoms with Gasteiger partial charge in [-0.15, -0.1) is 0 Å². The lowest BCUT2D eigenvalue weighted by molar-refractivity contribution is -0.148. The minimum atomic E-state index is -0.635. The van der Waals surface area contributed by atoms with Crippen molar-refractivity contribution in [3.8, 4) is 28.7 Å². The molecule has 3 heterocycles. The zero-order valence-corrected chi connectivity index (χ0v) is 20.8. The highest BCUT2D eigenvalue weighted by Crippen LogP contribution is 2.32. The molecule has 0 fully saturated rings. The van der Waals surface area contributed by atoms with Crippen molar-refractivity contribution in [1.82, 2.24) is 19.7 Å². The van der Waals surface area contributed by atoms with Crippen molar-refractivity contribution in [3.63, 3.8) is 0 Å². The van der Waals surface area contributed by atoms with E-state index >= 15 is 0 Å². The monoisotopic (exact) mass is 505 g/mol. The van der Waals surface area contributed by atoms with Crippen LogP contribution in [0.1, 0.15) is 37.0 Å². The van der Waals surface area contributed by atoms with E-state index in [4.69, 9.17) is 25.6 Å². The lowest BCUT2D eigenvalue weighted by atomic mass is 10.2. The number of aliphatic imine (C=N–C) groups is 1. The van der Waals surface area contributed by atoms with Gasteiger partial charge in [0, 0.05) is 11.3 Å². The van der Waals surface area contributed by atoms with E-state index in [1.54, 1.807) is 22.9 Å². The van der Waals surface area contributed by atoms with Gasteiger partial charge in [0.05, 0.1) is 23.9 Å². The fourth-order valence-electron chi connectivity index (χ4n) is 3.97. The van der Waals surface area contributed by atoms with Crippen LogP contribution in [0.2, 0.25) is 5.02 Å². The minimum Gasteiger partial charge on any atom is -0.489 e. The van der Waals surface area contributed by atoms with E-state index < -0.39 is 6.04 Å². The molecule has 0 N–H and O–H groups in total. The van der Waals surface area contributed by atoms with Gasteiger partial charge in [-0.3, -0.25) is 4.99 Å². The third kappa shape index (κ3) is 4.74. The number of hydrogen-bond donors (Lipinski definition) is 0. The van der Waals surface area contributed by atoms with Gasteiger partial charge in [-0.2, -0.15) is 4.98 Å². The molecule has 2 aromatic heterocycles. The molecule has 0 saturated carbocycles. The fourth-order valence-corrected chi connectivity index (χ4v) is 4.19. The number of benzene rings is 2. The van der Waals surface area contributed by atoms with Crippen LogP contribution in [0, 0.1) is 6.92 Å². The first-order valence-electron chi connectivity index (χ1n) is 11.5. The number of imidazole rings is 1. The fraction of sp³-hybridized carbons (Fsp3) is 0.269. The van der Waals surface area contributed by atoms with E-state index in [1.165, 1.54) is 0 Å². The number of nitrogens with zero attached hydrogens (tertiary/aromatic N) is 5. The number of halogens is 1. The Morgan fingerprint density at radius 2 is 2.00 bits per heavy atom. The molecule has 10 heteroatoms. The lowest BCUT2D eigenvalue weighted by Crippen LogP contribution is -2.29. The summed E-state index contributed by atoms with van der Waals surface area (Å²) < 4.78 is 18.6. The first-order valence-corrected chi connectivity index (χ1v) is 11.9. The third-order valence-corrected chi connectivity index (χ3v) is 5.95.